The van der Waals surface area contributed by atoms with Crippen molar-refractivity contribution in [3.63, 3.8) is 0 Å². The van der Waals surface area contributed by atoms with Crippen LogP contribution in [0.1, 0.15) is 34.1 Å². The third-order valence-corrected chi connectivity index (χ3v) is 1.99. The summed E-state index contributed by atoms with van der Waals surface area (Å²) in [4.78, 5) is 22.7. The molecular weight excluding hydrogens is 196 g/mol. The van der Waals surface area contributed by atoms with Crippen molar-refractivity contribution in [2.45, 2.75) is 51.8 Å². The van der Waals surface area contributed by atoms with Gasteiger partial charge in [-0.15, -0.1) is 0 Å². The van der Waals surface area contributed by atoms with Gasteiger partial charge in [0.05, 0.1) is 0 Å². The molecule has 2 amide bonds. The summed E-state index contributed by atoms with van der Waals surface area (Å²) >= 11 is 0. The maximum Gasteiger partial charge on any atom is 0.408 e. The number of carbonyl (C=O) groups excluding carboxylic acids is 2. The second kappa shape index (κ2) is 4.08. The highest BCUT2D eigenvalue weighted by Gasteiger charge is 2.31. The minimum Gasteiger partial charge on any atom is -0.444 e. The van der Waals surface area contributed by atoms with Crippen molar-refractivity contribution in [3.8, 4) is 0 Å². The summed E-state index contributed by atoms with van der Waals surface area (Å²) in [6.45, 7) is 7.24. The smallest absolute Gasteiger partial charge is 0.408 e. The number of alkyl carbamates (subject to hydrolysis) is 1. The summed E-state index contributed by atoms with van der Waals surface area (Å²) in [5.74, 6) is -0.145. The topological polar surface area (TPSA) is 67.4 Å². The molecule has 5 heteroatoms. The molecule has 0 aromatic heterocycles. The number of hydrogen-bond donors (Lipinski definition) is 2. The molecule has 0 aromatic carbocycles. The van der Waals surface area contributed by atoms with Crippen LogP contribution in [0.5, 0.6) is 0 Å². The van der Waals surface area contributed by atoms with Gasteiger partial charge in [-0.05, 0) is 34.1 Å². The van der Waals surface area contributed by atoms with Crippen LogP contribution in [0.2, 0.25) is 0 Å². The first-order valence-electron chi connectivity index (χ1n) is 5.08. The molecule has 1 aliphatic heterocycles. The van der Waals surface area contributed by atoms with Gasteiger partial charge >= 0.3 is 6.09 Å². The minimum atomic E-state index is -0.545. The van der Waals surface area contributed by atoms with Crippen molar-refractivity contribution >= 4 is 12.0 Å². The van der Waals surface area contributed by atoms with Crippen LogP contribution in [0.3, 0.4) is 0 Å². The highest BCUT2D eigenvalue weighted by molar-refractivity contribution is 5.87. The Morgan fingerprint density at radius 2 is 2.13 bits per heavy atom. The van der Waals surface area contributed by atoms with Gasteiger partial charge in [-0.25, -0.2) is 4.79 Å². The van der Waals surface area contributed by atoms with E-state index in [-0.39, 0.29) is 11.9 Å². The lowest BCUT2D eigenvalue weighted by Crippen LogP contribution is -2.42. The van der Waals surface area contributed by atoms with E-state index in [0.717, 1.165) is 0 Å². The lowest BCUT2D eigenvalue weighted by molar-refractivity contribution is -0.121. The fourth-order valence-electron chi connectivity index (χ4n) is 1.44. The average Bonchev–Trinajstić information content (AvgIpc) is 2.25. The predicted molar refractivity (Wildman–Crippen MR) is 55.4 cm³/mol. The molecule has 0 spiro atoms. The van der Waals surface area contributed by atoms with E-state index < -0.39 is 17.7 Å². The maximum absolute atomic E-state index is 11.4. The van der Waals surface area contributed by atoms with E-state index in [9.17, 15) is 9.59 Å². The van der Waals surface area contributed by atoms with Gasteiger partial charge in [0.2, 0.25) is 5.91 Å². The second-order valence-corrected chi connectivity index (χ2v) is 4.84. The van der Waals surface area contributed by atoms with Crippen molar-refractivity contribution in [2.75, 3.05) is 0 Å². The van der Waals surface area contributed by atoms with Crippen LogP contribution in [-0.4, -0.2) is 29.7 Å². The summed E-state index contributed by atoms with van der Waals surface area (Å²) in [7, 11) is 0. The maximum atomic E-state index is 11.4. The molecule has 2 atom stereocenters. The summed E-state index contributed by atoms with van der Waals surface area (Å²) in [5, 5.41) is 5.27. The van der Waals surface area contributed by atoms with Gasteiger partial charge < -0.3 is 15.4 Å². The highest BCUT2D eigenvalue weighted by atomic mass is 16.6. The molecule has 0 bridgehead atoms. The largest absolute Gasteiger partial charge is 0.444 e. The van der Waals surface area contributed by atoms with Gasteiger partial charge in [0.15, 0.2) is 0 Å². The van der Waals surface area contributed by atoms with Gasteiger partial charge in [-0.2, -0.15) is 0 Å². The van der Waals surface area contributed by atoms with Crippen LogP contribution in [0.4, 0.5) is 4.79 Å². The van der Waals surface area contributed by atoms with Crippen LogP contribution in [0, 0.1) is 0 Å². The Labute approximate surface area is 89.6 Å². The Bertz CT molecular complexity index is 270. The Morgan fingerprint density at radius 3 is 2.53 bits per heavy atom. The van der Waals surface area contributed by atoms with Crippen LogP contribution in [0.25, 0.3) is 0 Å². The second-order valence-electron chi connectivity index (χ2n) is 4.84. The summed E-state index contributed by atoms with van der Waals surface area (Å²) < 4.78 is 5.05. The first-order valence-corrected chi connectivity index (χ1v) is 5.08. The molecule has 0 radical (unpaired) electrons. The van der Waals surface area contributed by atoms with Crippen molar-refractivity contribution in [1.82, 2.24) is 10.6 Å². The average molecular weight is 214 g/mol. The first kappa shape index (κ1) is 11.8. The summed E-state index contributed by atoms with van der Waals surface area (Å²) in [5.41, 5.74) is -0.537. The molecule has 0 saturated carbocycles. The van der Waals surface area contributed by atoms with Gasteiger partial charge in [-0.3, -0.25) is 4.79 Å². The molecular formula is C10H18N2O3. The molecule has 0 aromatic rings. The van der Waals surface area contributed by atoms with Gasteiger partial charge in [0.25, 0.3) is 0 Å². The van der Waals surface area contributed by atoms with E-state index >= 15 is 0 Å². The molecule has 1 aliphatic rings. The zero-order valence-electron chi connectivity index (χ0n) is 9.59. The molecule has 5 nitrogen and oxygen atoms in total. The number of amides is 2. The molecule has 86 valence electrons. The van der Waals surface area contributed by atoms with Gasteiger partial charge in [0.1, 0.15) is 11.6 Å². The fraction of sp³-hybridized carbons (Fsp3) is 0.800. The highest BCUT2D eigenvalue weighted by Crippen LogP contribution is 2.10. The van der Waals surface area contributed by atoms with Gasteiger partial charge in [-0.1, -0.05) is 0 Å². The molecule has 0 aliphatic carbocycles. The standard InChI is InChI=1S/C10H18N2O3/c1-6-5-7(8(13)11-6)12-9(14)15-10(2,3)4/h6-7H,5H2,1-4H3,(H,11,13)(H,12,14)/t6?,7-/m0/s1. The molecule has 2 N–H and O–H groups in total. The molecule has 15 heavy (non-hydrogen) atoms. The number of hydrogen-bond acceptors (Lipinski definition) is 3. The zero-order chi connectivity index (χ0) is 11.6. The molecule has 1 fully saturated rings. The quantitative estimate of drug-likeness (QED) is 0.678. The predicted octanol–water partition coefficient (Wildman–Crippen LogP) is 0.788. The van der Waals surface area contributed by atoms with Crippen molar-refractivity contribution in [2.24, 2.45) is 0 Å². The van der Waals surface area contributed by atoms with Crippen molar-refractivity contribution in [3.05, 3.63) is 0 Å². The minimum absolute atomic E-state index is 0.109. The van der Waals surface area contributed by atoms with Crippen LogP contribution < -0.4 is 10.6 Å². The Morgan fingerprint density at radius 1 is 1.53 bits per heavy atom. The summed E-state index contributed by atoms with van der Waals surface area (Å²) in [6, 6.07) is -0.354. The van der Waals surface area contributed by atoms with E-state index in [4.69, 9.17) is 4.74 Å². The van der Waals surface area contributed by atoms with E-state index in [1.54, 1.807) is 20.8 Å². The number of rotatable bonds is 1. The normalized spacial score (nSPS) is 26.0. The lowest BCUT2D eigenvalue weighted by Gasteiger charge is -2.20. The van der Waals surface area contributed by atoms with Crippen LogP contribution in [-0.2, 0) is 9.53 Å². The number of ether oxygens (including phenoxy) is 1. The van der Waals surface area contributed by atoms with E-state index in [0.29, 0.717) is 6.42 Å². The van der Waals surface area contributed by atoms with E-state index in [2.05, 4.69) is 10.6 Å². The Hall–Kier alpha value is -1.26. The third-order valence-electron chi connectivity index (χ3n) is 1.99. The fourth-order valence-corrected chi connectivity index (χ4v) is 1.44. The molecule has 1 unspecified atom stereocenters. The summed E-state index contributed by atoms with van der Waals surface area (Å²) in [6.07, 6.45) is 0.0645. The molecule has 1 rings (SSSR count). The van der Waals surface area contributed by atoms with Gasteiger partial charge in [0, 0.05) is 6.04 Å². The molecule has 1 saturated heterocycles. The zero-order valence-corrected chi connectivity index (χ0v) is 9.59. The number of carbonyl (C=O) groups is 2. The lowest BCUT2D eigenvalue weighted by atomic mass is 10.2. The van der Waals surface area contributed by atoms with E-state index in [1.807, 2.05) is 6.92 Å². The number of nitrogens with one attached hydrogen (secondary N) is 2. The van der Waals surface area contributed by atoms with Crippen molar-refractivity contribution < 1.29 is 14.3 Å². The SMILES string of the molecule is CC1C[C@H](NC(=O)OC(C)(C)C)C(=O)N1. The Balaban J connectivity index is 2.42. The van der Waals surface area contributed by atoms with Crippen LogP contribution in [0.15, 0.2) is 0 Å². The molecule has 1 heterocycles. The van der Waals surface area contributed by atoms with Crippen LogP contribution >= 0.6 is 0 Å². The Kier molecular flexibility index (Phi) is 3.21. The first-order chi connectivity index (χ1) is 6.78. The third kappa shape index (κ3) is 3.77. The monoisotopic (exact) mass is 214 g/mol. The van der Waals surface area contributed by atoms with E-state index in [1.165, 1.54) is 0 Å². The van der Waals surface area contributed by atoms with Crippen molar-refractivity contribution in [1.29, 1.82) is 0 Å².